The summed E-state index contributed by atoms with van der Waals surface area (Å²) in [5, 5.41) is 15.3. The lowest BCUT2D eigenvalue weighted by molar-refractivity contribution is 0.590. The van der Waals surface area contributed by atoms with Crippen LogP contribution in [0.15, 0.2) is 158 Å². The number of benzene rings is 10. The topological polar surface area (TPSA) is 0 Å². The van der Waals surface area contributed by atoms with Crippen molar-refractivity contribution in [1.82, 2.24) is 0 Å². The molecule has 0 saturated heterocycles. The average Bonchev–Trinajstić information content (AvgIpc) is 3.28. The minimum Gasteiger partial charge on any atom is -0.0616 e. The van der Waals surface area contributed by atoms with E-state index >= 15 is 0 Å². The first kappa shape index (κ1) is 43.2. The van der Waals surface area contributed by atoms with Crippen LogP contribution in [0.3, 0.4) is 0 Å². The normalized spacial score (nSPS) is 12.7. The molecule has 0 saturated carbocycles. The van der Waals surface area contributed by atoms with Crippen molar-refractivity contribution in [3.63, 3.8) is 0 Å². The molecule has 0 heterocycles. The van der Waals surface area contributed by atoms with E-state index < -0.39 is 0 Å². The Labute approximate surface area is 392 Å². The summed E-state index contributed by atoms with van der Waals surface area (Å²) in [5.41, 5.74) is 12.1. The Morgan fingerprint density at radius 1 is 0.258 bits per heavy atom. The number of hydrogen-bond acceptors (Lipinski definition) is 0. The van der Waals surface area contributed by atoms with Gasteiger partial charge in [0.25, 0.3) is 0 Å². The van der Waals surface area contributed by atoms with Gasteiger partial charge < -0.3 is 0 Å². The fourth-order valence-corrected chi connectivity index (χ4v) is 10.1. The van der Waals surface area contributed by atoms with E-state index in [4.69, 9.17) is 0 Å². The molecule has 0 atom stereocenters. The van der Waals surface area contributed by atoms with Crippen molar-refractivity contribution in [3.8, 4) is 34.1 Å². The van der Waals surface area contributed by atoms with E-state index in [0.717, 1.165) is 11.1 Å². The largest absolute Gasteiger partial charge is 0.0616 e. The van der Waals surface area contributed by atoms with Crippen LogP contribution in [0.5, 0.6) is 0 Å². The van der Waals surface area contributed by atoms with E-state index in [1.54, 1.807) is 0 Å². The summed E-state index contributed by atoms with van der Waals surface area (Å²) < 4.78 is 0. The van der Waals surface area contributed by atoms with Gasteiger partial charge in [-0.3, -0.25) is 0 Å². The molecule has 10 aromatic rings. The third-order valence-electron chi connectivity index (χ3n) is 14.1. The third-order valence-corrected chi connectivity index (χ3v) is 14.1. The van der Waals surface area contributed by atoms with Crippen molar-refractivity contribution in [3.05, 3.63) is 191 Å². The van der Waals surface area contributed by atoms with Crippen molar-refractivity contribution < 1.29 is 0 Å². The van der Waals surface area contributed by atoms with Gasteiger partial charge in [0.15, 0.2) is 0 Å². The Kier molecular flexibility index (Phi) is 10.1. The second kappa shape index (κ2) is 15.5. The molecule has 0 aliphatic carbocycles. The van der Waals surface area contributed by atoms with Crippen LogP contribution in [0.2, 0.25) is 0 Å². The molecular weight excluding hydrogens is 793 g/mol. The first-order valence-electron chi connectivity index (χ1n) is 23.8. The van der Waals surface area contributed by atoms with Gasteiger partial charge in [-0.15, -0.1) is 0 Å². The Balaban J connectivity index is 1.21. The van der Waals surface area contributed by atoms with E-state index in [1.165, 1.54) is 109 Å². The maximum Gasteiger partial charge on any atom is 0.0327 e. The average molecular weight is 855 g/mol. The summed E-state index contributed by atoms with van der Waals surface area (Å²) in [6.07, 6.45) is 0. The molecule has 0 heteroatoms. The monoisotopic (exact) mass is 854 g/mol. The van der Waals surface area contributed by atoms with Gasteiger partial charge in [0.05, 0.1) is 0 Å². The van der Waals surface area contributed by atoms with E-state index in [1.807, 2.05) is 0 Å². The standard InChI is InChI=1S/C66H62/c1-63(2,3)47-31-27-41(55(37-47)59-35-45-25-23-43-29-33-49(65(7,8)9)39-57(43)61(45)53-19-15-13-17-51(53)59)21-22-42-28-32-48(64(4,5)6)38-56(42)60-36-46-26-24-44-30-34-50(66(10,11)12)40-58(44)62(46)54-20-16-14-18-52(54)60/h13-20,23-40H,1-12H3. The van der Waals surface area contributed by atoms with Crippen LogP contribution in [0.1, 0.15) is 116 Å². The van der Waals surface area contributed by atoms with Crippen molar-refractivity contribution in [2.24, 2.45) is 0 Å². The lowest BCUT2D eigenvalue weighted by Gasteiger charge is -2.22. The fourth-order valence-electron chi connectivity index (χ4n) is 10.1. The molecule has 0 aliphatic rings. The first-order valence-corrected chi connectivity index (χ1v) is 23.8. The highest BCUT2D eigenvalue weighted by Gasteiger charge is 2.22. The molecule has 10 rings (SSSR count). The van der Waals surface area contributed by atoms with Crippen molar-refractivity contribution in [2.75, 3.05) is 0 Å². The van der Waals surface area contributed by atoms with Gasteiger partial charge in [-0.25, -0.2) is 0 Å². The SMILES string of the molecule is CC(C)(C)c1ccc(C#Cc2ccc(C(C)(C)C)cc2-c2cc3ccc4ccc(C(C)(C)C)cc4c3c3ccccc23)c(-c2cc3ccc4ccc(C(C)(C)C)cc4c3c3ccccc23)c1. The molecule has 0 aromatic heterocycles. The fraction of sp³-hybridized carbons (Fsp3) is 0.242. The van der Waals surface area contributed by atoms with E-state index in [9.17, 15) is 0 Å². The van der Waals surface area contributed by atoms with E-state index in [-0.39, 0.29) is 21.7 Å². The Bertz CT molecular complexity index is 3420. The van der Waals surface area contributed by atoms with Crippen LogP contribution in [0, 0.1) is 11.8 Å². The van der Waals surface area contributed by atoms with Crippen LogP contribution < -0.4 is 0 Å². The molecule has 0 nitrogen and oxygen atoms in total. The molecule has 0 aliphatic heterocycles. The van der Waals surface area contributed by atoms with Gasteiger partial charge in [0.2, 0.25) is 0 Å². The predicted molar refractivity (Wildman–Crippen MR) is 290 cm³/mol. The van der Waals surface area contributed by atoms with Crippen molar-refractivity contribution in [2.45, 2.75) is 105 Å². The maximum atomic E-state index is 3.82. The third kappa shape index (κ3) is 7.63. The van der Waals surface area contributed by atoms with Gasteiger partial charge >= 0.3 is 0 Å². The zero-order chi connectivity index (χ0) is 46.5. The quantitative estimate of drug-likeness (QED) is 0.120. The number of fused-ring (bicyclic) bond motifs is 10. The first-order chi connectivity index (χ1) is 31.2. The molecule has 0 spiro atoms. The van der Waals surface area contributed by atoms with Crippen LogP contribution >= 0.6 is 0 Å². The molecule has 0 unspecified atom stereocenters. The lowest BCUT2D eigenvalue weighted by atomic mass is 9.81. The van der Waals surface area contributed by atoms with Crippen LogP contribution in [-0.2, 0) is 21.7 Å². The Morgan fingerprint density at radius 3 is 0.924 bits per heavy atom. The molecule has 326 valence electrons. The minimum atomic E-state index is -0.0420. The second-order valence-electron chi connectivity index (χ2n) is 22.9. The van der Waals surface area contributed by atoms with Crippen LogP contribution in [-0.4, -0.2) is 0 Å². The molecule has 0 fully saturated rings. The summed E-state index contributed by atoms with van der Waals surface area (Å²) in [7, 11) is 0. The maximum absolute atomic E-state index is 3.82. The lowest BCUT2D eigenvalue weighted by Crippen LogP contribution is -2.11. The van der Waals surface area contributed by atoms with Gasteiger partial charge in [-0.1, -0.05) is 204 Å². The molecule has 0 amide bonds. The van der Waals surface area contributed by atoms with Gasteiger partial charge in [-0.2, -0.15) is 0 Å². The van der Waals surface area contributed by atoms with Gasteiger partial charge in [0.1, 0.15) is 0 Å². The van der Waals surface area contributed by atoms with E-state index in [2.05, 4.69) is 253 Å². The summed E-state index contributed by atoms with van der Waals surface area (Å²) in [6.45, 7) is 27.6. The molecule has 0 N–H and O–H groups in total. The minimum absolute atomic E-state index is 0.0420. The van der Waals surface area contributed by atoms with Crippen LogP contribution in [0.25, 0.3) is 86.9 Å². The zero-order valence-electron chi connectivity index (χ0n) is 41.0. The summed E-state index contributed by atoms with van der Waals surface area (Å²) in [5.74, 6) is 7.64. The Hall–Kier alpha value is -6.68. The Morgan fingerprint density at radius 2 is 0.561 bits per heavy atom. The highest BCUT2D eigenvalue weighted by atomic mass is 14.3. The molecule has 0 bridgehead atoms. The molecular formula is C66H62. The predicted octanol–water partition coefficient (Wildman–Crippen LogP) is 18.5. The van der Waals surface area contributed by atoms with Gasteiger partial charge in [0, 0.05) is 11.1 Å². The smallest absolute Gasteiger partial charge is 0.0327 e. The summed E-state index contributed by atoms with van der Waals surface area (Å²) >= 11 is 0. The van der Waals surface area contributed by atoms with Crippen molar-refractivity contribution in [1.29, 1.82) is 0 Å². The highest BCUT2D eigenvalue weighted by Crippen LogP contribution is 2.44. The summed E-state index contributed by atoms with van der Waals surface area (Å²) in [4.78, 5) is 0. The molecule has 10 aromatic carbocycles. The van der Waals surface area contributed by atoms with Crippen molar-refractivity contribution >= 4 is 64.6 Å². The number of rotatable bonds is 2. The summed E-state index contributed by atoms with van der Waals surface area (Å²) in [6, 6.07) is 60.0. The van der Waals surface area contributed by atoms with Gasteiger partial charge in [-0.05, 0) is 179 Å². The van der Waals surface area contributed by atoms with Crippen LogP contribution in [0.4, 0.5) is 0 Å². The zero-order valence-corrected chi connectivity index (χ0v) is 41.0. The number of hydrogen-bond donors (Lipinski definition) is 0. The highest BCUT2D eigenvalue weighted by molar-refractivity contribution is 6.25. The molecule has 66 heavy (non-hydrogen) atoms. The second-order valence-corrected chi connectivity index (χ2v) is 22.9. The molecule has 0 radical (unpaired) electrons. The van der Waals surface area contributed by atoms with E-state index in [0.29, 0.717) is 0 Å².